The fraction of sp³-hybridized carbons (Fsp3) is 0.462. The van der Waals surface area contributed by atoms with Crippen LogP contribution in [0.5, 0.6) is 5.75 Å². The number of rotatable bonds is 6. The first-order valence-corrected chi connectivity index (χ1v) is 5.86. The molecule has 4 nitrogen and oxygen atoms in total. The van der Waals surface area contributed by atoms with Crippen molar-refractivity contribution in [2.75, 3.05) is 7.11 Å². The number of nitrogens with two attached hydrogens (primary N) is 2. The summed E-state index contributed by atoms with van der Waals surface area (Å²) in [7, 11) is 1.65. The van der Waals surface area contributed by atoms with Crippen LogP contribution in [0.2, 0.25) is 0 Å². The molecule has 2 atom stereocenters. The molecule has 1 aromatic rings. The molecule has 1 aromatic carbocycles. The molecule has 0 saturated heterocycles. The number of amides is 1. The van der Waals surface area contributed by atoms with Gasteiger partial charge in [-0.05, 0) is 31.2 Å². The van der Waals surface area contributed by atoms with Crippen molar-refractivity contribution in [2.24, 2.45) is 5.73 Å². The highest BCUT2D eigenvalue weighted by molar-refractivity contribution is 5.77. The predicted molar refractivity (Wildman–Crippen MR) is 66.6 cm³/mol. The smallest absolute Gasteiger partial charge is 0.275 e. The van der Waals surface area contributed by atoms with Gasteiger partial charge in [0, 0.05) is 12.0 Å². The molecule has 94 valence electrons. The van der Waals surface area contributed by atoms with Crippen molar-refractivity contribution in [3.8, 4) is 5.75 Å². The van der Waals surface area contributed by atoms with Gasteiger partial charge in [0.05, 0.1) is 7.11 Å². The maximum Gasteiger partial charge on any atom is 0.275 e. The minimum Gasteiger partial charge on any atom is -0.497 e. The number of primary amides is 1. The Hall–Kier alpha value is -1.55. The van der Waals surface area contributed by atoms with Gasteiger partial charge in [0.15, 0.2) is 6.04 Å². The standard InChI is InChI=1S/C13H20N2O2/c1-4-12(15-9(2)13(14)16)10-5-7-11(17-3)8-6-10/h5-9,12,15H,4H2,1-3H3,(H2,14,16)/p+1/t9-,12-/m0/s1. The highest BCUT2D eigenvalue weighted by atomic mass is 16.5. The van der Waals surface area contributed by atoms with E-state index in [2.05, 4.69) is 6.92 Å². The first kappa shape index (κ1) is 13.5. The largest absolute Gasteiger partial charge is 0.497 e. The van der Waals surface area contributed by atoms with Gasteiger partial charge in [0.2, 0.25) is 0 Å². The maximum absolute atomic E-state index is 11.1. The predicted octanol–water partition coefficient (Wildman–Crippen LogP) is 0.584. The third-order valence-corrected chi connectivity index (χ3v) is 2.95. The number of hydrogen-bond donors (Lipinski definition) is 2. The molecule has 0 spiro atoms. The monoisotopic (exact) mass is 237 g/mol. The number of carbonyl (C=O) groups excluding carboxylic acids is 1. The average molecular weight is 237 g/mol. The molecule has 1 amide bonds. The highest BCUT2D eigenvalue weighted by Crippen LogP contribution is 2.17. The summed E-state index contributed by atoms with van der Waals surface area (Å²) in [6.07, 6.45) is 0.948. The van der Waals surface area contributed by atoms with Gasteiger partial charge >= 0.3 is 0 Å². The molecule has 4 heteroatoms. The van der Waals surface area contributed by atoms with E-state index >= 15 is 0 Å². The Bertz CT molecular complexity index is 362. The lowest BCUT2D eigenvalue weighted by Gasteiger charge is -2.17. The second kappa shape index (κ2) is 6.25. The van der Waals surface area contributed by atoms with Crippen LogP contribution < -0.4 is 15.8 Å². The summed E-state index contributed by atoms with van der Waals surface area (Å²) >= 11 is 0. The number of benzene rings is 1. The Kier molecular flexibility index (Phi) is 4.97. The first-order chi connectivity index (χ1) is 8.08. The molecule has 0 aliphatic rings. The topological polar surface area (TPSA) is 68.9 Å². The van der Waals surface area contributed by atoms with Crippen molar-refractivity contribution in [3.05, 3.63) is 29.8 Å². The molecule has 0 bridgehead atoms. The zero-order valence-corrected chi connectivity index (χ0v) is 10.6. The van der Waals surface area contributed by atoms with Gasteiger partial charge in [0.1, 0.15) is 11.8 Å². The number of methoxy groups -OCH3 is 1. The summed E-state index contributed by atoms with van der Waals surface area (Å²) in [5.74, 6) is 0.559. The summed E-state index contributed by atoms with van der Waals surface area (Å²) in [5.41, 5.74) is 6.45. The van der Waals surface area contributed by atoms with Gasteiger partial charge in [-0.15, -0.1) is 0 Å². The lowest BCUT2D eigenvalue weighted by molar-refractivity contribution is -0.713. The molecule has 0 saturated carbocycles. The Morgan fingerprint density at radius 3 is 2.41 bits per heavy atom. The van der Waals surface area contributed by atoms with Crippen molar-refractivity contribution in [1.29, 1.82) is 0 Å². The van der Waals surface area contributed by atoms with Crippen LogP contribution in [0.15, 0.2) is 24.3 Å². The third-order valence-electron chi connectivity index (χ3n) is 2.95. The van der Waals surface area contributed by atoms with Crippen molar-refractivity contribution in [2.45, 2.75) is 32.4 Å². The van der Waals surface area contributed by atoms with Crippen LogP contribution in [0.25, 0.3) is 0 Å². The average Bonchev–Trinajstić information content (AvgIpc) is 2.35. The molecule has 1 rings (SSSR count). The van der Waals surface area contributed by atoms with E-state index in [1.54, 1.807) is 7.11 Å². The molecule has 17 heavy (non-hydrogen) atoms. The van der Waals surface area contributed by atoms with E-state index in [0.29, 0.717) is 0 Å². The molecule has 0 aliphatic carbocycles. The molecule has 0 heterocycles. The van der Waals surface area contributed by atoms with Gasteiger partial charge in [0.25, 0.3) is 5.91 Å². The van der Waals surface area contributed by atoms with Crippen molar-refractivity contribution in [1.82, 2.24) is 0 Å². The van der Waals surface area contributed by atoms with Crippen LogP contribution in [0, 0.1) is 0 Å². The molecule has 0 radical (unpaired) electrons. The second-order valence-electron chi connectivity index (χ2n) is 4.17. The Balaban J connectivity index is 2.75. The first-order valence-electron chi connectivity index (χ1n) is 5.86. The molecule has 0 aromatic heterocycles. The number of quaternary nitrogens is 1. The fourth-order valence-corrected chi connectivity index (χ4v) is 1.78. The number of ether oxygens (including phenoxy) is 1. The van der Waals surface area contributed by atoms with Gasteiger partial charge in [-0.1, -0.05) is 6.92 Å². The SMILES string of the molecule is CC[C@H]([NH2+][C@@H](C)C(N)=O)c1ccc(OC)cc1. The normalized spacial score (nSPS) is 14.1. The van der Waals surface area contributed by atoms with E-state index in [1.165, 1.54) is 5.56 Å². The molecule has 0 aliphatic heterocycles. The summed E-state index contributed by atoms with van der Waals surface area (Å²) in [6.45, 7) is 3.92. The van der Waals surface area contributed by atoms with Crippen LogP contribution >= 0.6 is 0 Å². The van der Waals surface area contributed by atoms with Crippen molar-refractivity contribution in [3.63, 3.8) is 0 Å². The number of carbonyl (C=O) groups is 1. The van der Waals surface area contributed by atoms with E-state index in [1.807, 2.05) is 36.5 Å². The zero-order chi connectivity index (χ0) is 12.8. The molecular weight excluding hydrogens is 216 g/mol. The van der Waals surface area contributed by atoms with Gasteiger partial charge in [-0.3, -0.25) is 4.79 Å². The lowest BCUT2D eigenvalue weighted by atomic mass is 10.0. The van der Waals surface area contributed by atoms with Crippen molar-refractivity contribution < 1.29 is 14.8 Å². The summed E-state index contributed by atoms with van der Waals surface area (Å²) < 4.78 is 5.12. The highest BCUT2D eigenvalue weighted by Gasteiger charge is 2.19. The number of hydrogen-bond acceptors (Lipinski definition) is 2. The Labute approximate surface area is 102 Å². The van der Waals surface area contributed by atoms with Gasteiger partial charge in [-0.25, -0.2) is 0 Å². The van der Waals surface area contributed by atoms with Crippen LogP contribution in [0.1, 0.15) is 31.9 Å². The molecular formula is C13H21N2O2+. The quantitative estimate of drug-likeness (QED) is 0.760. The summed E-state index contributed by atoms with van der Waals surface area (Å²) in [4.78, 5) is 11.1. The summed E-state index contributed by atoms with van der Waals surface area (Å²) in [6, 6.07) is 7.96. The van der Waals surface area contributed by atoms with E-state index < -0.39 is 0 Å². The minimum atomic E-state index is -0.281. The van der Waals surface area contributed by atoms with E-state index in [0.717, 1.165) is 12.2 Å². The van der Waals surface area contributed by atoms with Gasteiger partial charge < -0.3 is 15.8 Å². The van der Waals surface area contributed by atoms with Gasteiger partial charge in [-0.2, -0.15) is 0 Å². The second-order valence-corrected chi connectivity index (χ2v) is 4.17. The van der Waals surface area contributed by atoms with Crippen LogP contribution in [0.3, 0.4) is 0 Å². The minimum absolute atomic E-state index is 0.206. The molecule has 4 N–H and O–H groups in total. The molecule has 0 unspecified atom stereocenters. The Morgan fingerprint density at radius 1 is 1.41 bits per heavy atom. The molecule has 0 fully saturated rings. The third kappa shape index (κ3) is 3.75. The van der Waals surface area contributed by atoms with Crippen LogP contribution in [-0.2, 0) is 4.79 Å². The maximum atomic E-state index is 11.1. The summed E-state index contributed by atoms with van der Waals surface area (Å²) in [5, 5.41) is 2.00. The lowest BCUT2D eigenvalue weighted by Crippen LogP contribution is -2.92. The Morgan fingerprint density at radius 2 is 2.00 bits per heavy atom. The van der Waals surface area contributed by atoms with Crippen LogP contribution in [0.4, 0.5) is 0 Å². The van der Waals surface area contributed by atoms with E-state index in [9.17, 15) is 4.79 Å². The van der Waals surface area contributed by atoms with E-state index in [4.69, 9.17) is 10.5 Å². The van der Waals surface area contributed by atoms with Crippen molar-refractivity contribution >= 4 is 5.91 Å². The van der Waals surface area contributed by atoms with E-state index in [-0.39, 0.29) is 18.0 Å². The fourth-order valence-electron chi connectivity index (χ4n) is 1.78. The zero-order valence-electron chi connectivity index (χ0n) is 10.6. The van der Waals surface area contributed by atoms with Crippen LogP contribution in [-0.4, -0.2) is 19.1 Å².